The van der Waals surface area contributed by atoms with Gasteiger partial charge in [-0.15, -0.1) is 0 Å². The summed E-state index contributed by atoms with van der Waals surface area (Å²) in [5.74, 6) is 0. The normalized spacial score (nSPS) is 16.0. The van der Waals surface area contributed by atoms with E-state index in [1.807, 2.05) is 0 Å². The lowest BCUT2D eigenvalue weighted by Gasteiger charge is -2.35. The number of rotatable bonds is 13. The van der Waals surface area contributed by atoms with Crippen molar-refractivity contribution in [2.45, 2.75) is 88.5 Å². The molecule has 0 spiro atoms. The molecular weight excluding hydrogens is 486 g/mol. The molecule has 1 aromatic rings. The van der Waals surface area contributed by atoms with Crippen molar-refractivity contribution >= 4 is 11.3 Å². The van der Waals surface area contributed by atoms with E-state index < -0.39 is 0 Å². The second kappa shape index (κ2) is 14.9. The fourth-order valence-electron chi connectivity index (χ4n) is 5.48. The van der Waals surface area contributed by atoms with E-state index in [1.165, 1.54) is 50.1 Å². The van der Waals surface area contributed by atoms with Gasteiger partial charge in [0.1, 0.15) is 0 Å². The quantitative estimate of drug-likeness (QED) is 0.153. The summed E-state index contributed by atoms with van der Waals surface area (Å²) in [6, 6.07) is 6.91. The van der Waals surface area contributed by atoms with Crippen LogP contribution in [-0.4, -0.2) is 54.8 Å². The number of piperazine rings is 1. The molecule has 1 aliphatic rings. The van der Waals surface area contributed by atoms with Gasteiger partial charge in [0, 0.05) is 56.8 Å². The van der Waals surface area contributed by atoms with E-state index in [-0.39, 0.29) is 5.41 Å². The van der Waals surface area contributed by atoms with Crippen molar-refractivity contribution in [3.05, 3.63) is 87.6 Å². The Labute approximate surface area is 246 Å². The first kappa shape index (κ1) is 33.7. The maximum atomic E-state index is 8.91. The van der Waals surface area contributed by atoms with E-state index in [4.69, 9.17) is 5.41 Å². The summed E-state index contributed by atoms with van der Waals surface area (Å²) in [5, 5.41) is 8.91. The third kappa shape index (κ3) is 9.56. The fraction of sp³-hybridized carbons (Fsp3) is 0.541. The number of allylic oxidation sites excluding steroid dienone is 6. The Morgan fingerprint density at radius 3 is 1.98 bits per heavy atom. The van der Waals surface area contributed by atoms with Crippen molar-refractivity contribution in [3.8, 4) is 0 Å². The zero-order chi connectivity index (χ0) is 30.2. The van der Waals surface area contributed by atoms with Gasteiger partial charge in [0.15, 0.2) is 0 Å². The van der Waals surface area contributed by atoms with Gasteiger partial charge < -0.3 is 10.3 Å². The van der Waals surface area contributed by atoms with Crippen molar-refractivity contribution in [1.82, 2.24) is 9.80 Å². The fourth-order valence-corrected chi connectivity index (χ4v) is 5.48. The Morgan fingerprint density at radius 2 is 1.48 bits per heavy atom. The molecule has 0 saturated carbocycles. The Balaban J connectivity index is 2.47. The van der Waals surface area contributed by atoms with Crippen LogP contribution in [0.1, 0.15) is 91.3 Å². The standard InChI is InChI=1S/C37H57N3/c1-13-28(6)23-36(38)37(11,12)31(9)24-35(27(4)5)34(32(10)33-21-29(7)20-30(8)22-33)14-15-39-16-18-40(19-17-39)25-26(2)3/h20-22,24,38H,2,6,13-19,23,25H2,1,3-5,7-12H3/b31-24+,34-32+,38-36?. The van der Waals surface area contributed by atoms with Crippen LogP contribution in [0, 0.1) is 24.7 Å². The van der Waals surface area contributed by atoms with E-state index in [1.54, 1.807) is 0 Å². The van der Waals surface area contributed by atoms with Gasteiger partial charge in [-0.05, 0) is 83.6 Å². The summed E-state index contributed by atoms with van der Waals surface area (Å²) in [6.07, 6.45) is 4.98. The van der Waals surface area contributed by atoms with Crippen molar-refractivity contribution < 1.29 is 0 Å². The maximum Gasteiger partial charge on any atom is 0.0235 e. The highest BCUT2D eigenvalue weighted by Crippen LogP contribution is 2.36. The van der Waals surface area contributed by atoms with Crippen LogP contribution in [-0.2, 0) is 0 Å². The molecule has 0 amide bonds. The highest BCUT2D eigenvalue weighted by Gasteiger charge is 2.27. The molecule has 1 aromatic carbocycles. The summed E-state index contributed by atoms with van der Waals surface area (Å²) in [5.41, 5.74) is 13.4. The Kier molecular flexibility index (Phi) is 12.6. The molecule has 0 radical (unpaired) electrons. The van der Waals surface area contributed by atoms with Crippen LogP contribution >= 0.6 is 0 Å². The lowest BCUT2D eigenvalue weighted by atomic mass is 9.76. The molecule has 1 fully saturated rings. The van der Waals surface area contributed by atoms with Crippen LogP contribution in [0.2, 0.25) is 0 Å². The second-order valence-corrected chi connectivity index (χ2v) is 12.9. The highest BCUT2D eigenvalue weighted by molar-refractivity contribution is 5.91. The van der Waals surface area contributed by atoms with Gasteiger partial charge in [-0.25, -0.2) is 0 Å². The Hall–Kier alpha value is -2.49. The van der Waals surface area contributed by atoms with E-state index in [2.05, 4.69) is 116 Å². The van der Waals surface area contributed by atoms with Gasteiger partial charge in [-0.2, -0.15) is 0 Å². The summed E-state index contributed by atoms with van der Waals surface area (Å²) in [6.45, 7) is 36.8. The molecule has 1 N–H and O–H groups in total. The SMILES string of the molecule is C=C(C)CN1CCN(CC/C(C(/C=C(\C)C(C)(C)C(=N)CC(=C)CC)=C(C)C)=C(/C)c2cc(C)cc(C)c2)CC1. The molecule has 1 saturated heterocycles. The van der Waals surface area contributed by atoms with Gasteiger partial charge in [0.2, 0.25) is 0 Å². The zero-order valence-corrected chi connectivity index (χ0v) is 27.5. The summed E-state index contributed by atoms with van der Waals surface area (Å²) in [4.78, 5) is 5.15. The molecular formula is C37H57N3. The molecule has 3 nitrogen and oxygen atoms in total. The van der Waals surface area contributed by atoms with Crippen molar-refractivity contribution in [2.75, 3.05) is 39.3 Å². The molecule has 1 aliphatic heterocycles. The van der Waals surface area contributed by atoms with Crippen LogP contribution in [0.25, 0.3) is 5.57 Å². The van der Waals surface area contributed by atoms with E-state index >= 15 is 0 Å². The van der Waals surface area contributed by atoms with E-state index in [0.29, 0.717) is 6.42 Å². The van der Waals surface area contributed by atoms with Crippen molar-refractivity contribution in [1.29, 1.82) is 5.41 Å². The van der Waals surface area contributed by atoms with Crippen LogP contribution < -0.4 is 0 Å². The third-order valence-electron chi connectivity index (χ3n) is 8.64. The smallest absolute Gasteiger partial charge is 0.0235 e. The van der Waals surface area contributed by atoms with Gasteiger partial charge in [0.05, 0.1) is 0 Å². The second-order valence-electron chi connectivity index (χ2n) is 12.9. The Morgan fingerprint density at radius 1 is 0.925 bits per heavy atom. The van der Waals surface area contributed by atoms with E-state index in [0.717, 1.165) is 63.4 Å². The average Bonchev–Trinajstić information content (AvgIpc) is 2.87. The predicted octanol–water partition coefficient (Wildman–Crippen LogP) is 9.35. The van der Waals surface area contributed by atoms with Crippen LogP contribution in [0.3, 0.4) is 0 Å². The lowest BCUT2D eigenvalue weighted by Crippen LogP contribution is -2.46. The number of hydrogen-bond acceptors (Lipinski definition) is 3. The van der Waals surface area contributed by atoms with Crippen LogP contribution in [0.4, 0.5) is 0 Å². The first-order chi connectivity index (χ1) is 18.6. The topological polar surface area (TPSA) is 30.3 Å². The predicted molar refractivity (Wildman–Crippen MR) is 179 cm³/mol. The minimum atomic E-state index is -0.322. The number of benzene rings is 1. The summed E-state index contributed by atoms with van der Waals surface area (Å²) >= 11 is 0. The maximum absolute atomic E-state index is 8.91. The average molecular weight is 544 g/mol. The molecule has 0 atom stereocenters. The zero-order valence-electron chi connectivity index (χ0n) is 27.5. The number of nitrogens with one attached hydrogen (secondary N) is 1. The number of nitrogens with zero attached hydrogens (tertiary/aromatic N) is 2. The molecule has 3 heteroatoms. The van der Waals surface area contributed by atoms with Gasteiger partial charge in [-0.1, -0.05) is 91.6 Å². The third-order valence-corrected chi connectivity index (χ3v) is 8.64. The van der Waals surface area contributed by atoms with Gasteiger partial charge in [-0.3, -0.25) is 4.90 Å². The summed E-state index contributed by atoms with van der Waals surface area (Å²) in [7, 11) is 0. The molecule has 40 heavy (non-hydrogen) atoms. The largest absolute Gasteiger partial charge is 0.308 e. The van der Waals surface area contributed by atoms with Crippen molar-refractivity contribution in [2.24, 2.45) is 5.41 Å². The van der Waals surface area contributed by atoms with Gasteiger partial charge in [0.25, 0.3) is 0 Å². The molecule has 2 rings (SSSR count). The first-order valence-corrected chi connectivity index (χ1v) is 15.1. The highest BCUT2D eigenvalue weighted by atomic mass is 15.3. The van der Waals surface area contributed by atoms with Crippen LogP contribution in [0.15, 0.2) is 70.9 Å². The minimum absolute atomic E-state index is 0.322. The molecule has 220 valence electrons. The monoisotopic (exact) mass is 543 g/mol. The number of hydrogen-bond donors (Lipinski definition) is 1. The van der Waals surface area contributed by atoms with E-state index in [9.17, 15) is 0 Å². The number of aryl methyl sites for hydroxylation is 2. The summed E-state index contributed by atoms with van der Waals surface area (Å²) < 4.78 is 0. The Bertz CT molecular complexity index is 1160. The lowest BCUT2D eigenvalue weighted by molar-refractivity contribution is 0.142. The minimum Gasteiger partial charge on any atom is -0.308 e. The molecule has 0 aliphatic carbocycles. The molecule has 1 heterocycles. The first-order valence-electron chi connectivity index (χ1n) is 15.1. The molecule has 0 aromatic heterocycles. The van der Waals surface area contributed by atoms with Gasteiger partial charge >= 0.3 is 0 Å². The van der Waals surface area contributed by atoms with Crippen LogP contribution in [0.5, 0.6) is 0 Å². The molecule has 0 unspecified atom stereocenters. The molecule has 0 bridgehead atoms. The van der Waals surface area contributed by atoms with Crippen molar-refractivity contribution in [3.63, 3.8) is 0 Å².